The van der Waals surface area contributed by atoms with Crippen LogP contribution in [0.15, 0.2) is 24.4 Å². The van der Waals surface area contributed by atoms with Crippen LogP contribution >= 0.6 is 0 Å². The molecule has 1 aromatic carbocycles. The van der Waals surface area contributed by atoms with Crippen molar-refractivity contribution >= 4 is 5.69 Å². The molecule has 1 atom stereocenters. The Balaban J connectivity index is 2.44. The predicted molar refractivity (Wildman–Crippen MR) is 67.0 cm³/mol. The van der Waals surface area contributed by atoms with Crippen molar-refractivity contribution in [2.75, 3.05) is 5.73 Å². The molecule has 0 saturated heterocycles. The summed E-state index contributed by atoms with van der Waals surface area (Å²) in [4.78, 5) is 0. The smallest absolute Gasteiger partial charge is 0.159 e. The lowest BCUT2D eigenvalue weighted by Gasteiger charge is -2.07. The van der Waals surface area contributed by atoms with Crippen LogP contribution in [0.25, 0.3) is 11.3 Å². The van der Waals surface area contributed by atoms with Gasteiger partial charge in [-0.25, -0.2) is 8.78 Å². The molecule has 3 nitrogen and oxygen atoms in total. The standard InChI is InChI=1S/C13H15F2N3/c1-3-8(2)18-7-12(16)13(17-18)9-4-5-10(14)11(15)6-9/h4-8H,3,16H2,1-2H3. The molecule has 0 amide bonds. The summed E-state index contributed by atoms with van der Waals surface area (Å²) in [5.74, 6) is -1.77. The second-order valence-electron chi connectivity index (χ2n) is 4.30. The lowest BCUT2D eigenvalue weighted by molar-refractivity contribution is 0.479. The summed E-state index contributed by atoms with van der Waals surface area (Å²) in [6.45, 7) is 4.06. The first kappa shape index (κ1) is 12.5. The Labute approximate surface area is 104 Å². The number of hydrogen-bond acceptors (Lipinski definition) is 2. The van der Waals surface area contributed by atoms with Gasteiger partial charge in [0.25, 0.3) is 0 Å². The number of aromatic nitrogens is 2. The molecule has 2 aromatic rings. The molecule has 0 aliphatic carbocycles. The number of hydrogen-bond donors (Lipinski definition) is 1. The van der Waals surface area contributed by atoms with E-state index in [0.717, 1.165) is 18.6 Å². The van der Waals surface area contributed by atoms with E-state index in [0.29, 0.717) is 16.9 Å². The molecule has 1 unspecified atom stereocenters. The Morgan fingerprint density at radius 3 is 2.67 bits per heavy atom. The monoisotopic (exact) mass is 251 g/mol. The second-order valence-corrected chi connectivity index (χ2v) is 4.30. The summed E-state index contributed by atoms with van der Waals surface area (Å²) in [7, 11) is 0. The summed E-state index contributed by atoms with van der Waals surface area (Å²) in [5.41, 5.74) is 7.27. The largest absolute Gasteiger partial charge is 0.396 e. The number of benzene rings is 1. The Kier molecular flexibility index (Phi) is 3.32. The van der Waals surface area contributed by atoms with Gasteiger partial charge in [-0.1, -0.05) is 6.92 Å². The van der Waals surface area contributed by atoms with E-state index >= 15 is 0 Å². The highest BCUT2D eigenvalue weighted by Crippen LogP contribution is 2.27. The molecule has 1 aromatic heterocycles. The van der Waals surface area contributed by atoms with Crippen LogP contribution in [0.5, 0.6) is 0 Å². The zero-order chi connectivity index (χ0) is 13.3. The maximum Gasteiger partial charge on any atom is 0.159 e. The minimum absolute atomic E-state index is 0.214. The molecule has 0 spiro atoms. The summed E-state index contributed by atoms with van der Waals surface area (Å²) in [6, 6.07) is 3.87. The van der Waals surface area contributed by atoms with Gasteiger partial charge in [-0.15, -0.1) is 0 Å². The third-order valence-electron chi connectivity index (χ3n) is 3.00. The molecular weight excluding hydrogens is 236 g/mol. The van der Waals surface area contributed by atoms with Gasteiger partial charge < -0.3 is 5.73 Å². The Morgan fingerprint density at radius 2 is 2.06 bits per heavy atom. The molecule has 0 aliphatic rings. The Bertz CT molecular complexity index is 563. The van der Waals surface area contributed by atoms with Crippen molar-refractivity contribution in [2.24, 2.45) is 0 Å². The molecular formula is C13H15F2N3. The van der Waals surface area contributed by atoms with Gasteiger partial charge in [0, 0.05) is 17.8 Å². The number of halogens is 2. The van der Waals surface area contributed by atoms with E-state index in [1.807, 2.05) is 13.8 Å². The minimum atomic E-state index is -0.898. The van der Waals surface area contributed by atoms with Crippen LogP contribution in [0.4, 0.5) is 14.5 Å². The van der Waals surface area contributed by atoms with Crippen molar-refractivity contribution in [3.8, 4) is 11.3 Å². The number of anilines is 1. The summed E-state index contributed by atoms with van der Waals surface area (Å²) < 4.78 is 27.8. The molecule has 18 heavy (non-hydrogen) atoms. The maximum absolute atomic E-state index is 13.2. The third kappa shape index (κ3) is 2.20. The topological polar surface area (TPSA) is 43.8 Å². The van der Waals surface area contributed by atoms with E-state index in [9.17, 15) is 8.78 Å². The minimum Gasteiger partial charge on any atom is -0.396 e. The van der Waals surface area contributed by atoms with E-state index in [1.54, 1.807) is 10.9 Å². The molecule has 0 bridgehead atoms. The molecule has 0 radical (unpaired) electrons. The first-order valence-corrected chi connectivity index (χ1v) is 5.83. The number of rotatable bonds is 3. The zero-order valence-electron chi connectivity index (χ0n) is 10.3. The normalized spacial score (nSPS) is 12.7. The first-order chi connectivity index (χ1) is 8.52. The molecule has 0 aliphatic heterocycles. The van der Waals surface area contributed by atoms with Gasteiger partial charge in [-0.05, 0) is 31.5 Å². The highest BCUT2D eigenvalue weighted by atomic mass is 19.2. The summed E-state index contributed by atoms with van der Waals surface area (Å²) in [5, 5.41) is 4.32. The van der Waals surface area contributed by atoms with Gasteiger partial charge >= 0.3 is 0 Å². The number of nitrogens with two attached hydrogens (primary N) is 1. The lowest BCUT2D eigenvalue weighted by atomic mass is 10.1. The van der Waals surface area contributed by atoms with Crippen LogP contribution in [-0.4, -0.2) is 9.78 Å². The maximum atomic E-state index is 13.2. The van der Waals surface area contributed by atoms with Crippen LogP contribution in [0, 0.1) is 11.6 Å². The molecule has 96 valence electrons. The van der Waals surface area contributed by atoms with Gasteiger partial charge in [0.05, 0.1) is 5.69 Å². The Morgan fingerprint density at radius 1 is 1.33 bits per heavy atom. The van der Waals surface area contributed by atoms with Crippen LogP contribution in [0.1, 0.15) is 26.3 Å². The van der Waals surface area contributed by atoms with Gasteiger partial charge in [0.2, 0.25) is 0 Å². The molecule has 1 heterocycles. The second kappa shape index (κ2) is 4.76. The quantitative estimate of drug-likeness (QED) is 0.908. The van der Waals surface area contributed by atoms with Crippen LogP contribution < -0.4 is 5.73 Å². The van der Waals surface area contributed by atoms with Gasteiger partial charge in [0.15, 0.2) is 11.6 Å². The van der Waals surface area contributed by atoms with Crippen molar-refractivity contribution in [3.05, 3.63) is 36.0 Å². The number of nitrogens with zero attached hydrogens (tertiary/aromatic N) is 2. The Hall–Kier alpha value is -1.91. The fourth-order valence-corrected chi connectivity index (χ4v) is 1.69. The van der Waals surface area contributed by atoms with E-state index in [-0.39, 0.29) is 6.04 Å². The van der Waals surface area contributed by atoms with E-state index < -0.39 is 11.6 Å². The van der Waals surface area contributed by atoms with Crippen LogP contribution in [-0.2, 0) is 0 Å². The van der Waals surface area contributed by atoms with Crippen molar-refractivity contribution in [2.45, 2.75) is 26.3 Å². The fraction of sp³-hybridized carbons (Fsp3) is 0.308. The zero-order valence-corrected chi connectivity index (χ0v) is 10.3. The average molecular weight is 251 g/mol. The molecule has 2 N–H and O–H groups in total. The highest BCUT2D eigenvalue weighted by Gasteiger charge is 2.13. The SMILES string of the molecule is CCC(C)n1cc(N)c(-c2ccc(F)c(F)c2)n1. The van der Waals surface area contributed by atoms with E-state index in [2.05, 4.69) is 5.10 Å². The molecule has 0 saturated carbocycles. The van der Waals surface area contributed by atoms with Gasteiger partial charge in [0.1, 0.15) is 5.69 Å². The lowest BCUT2D eigenvalue weighted by Crippen LogP contribution is -2.04. The van der Waals surface area contributed by atoms with E-state index in [4.69, 9.17) is 5.73 Å². The van der Waals surface area contributed by atoms with Crippen LogP contribution in [0.3, 0.4) is 0 Å². The summed E-state index contributed by atoms with van der Waals surface area (Å²) in [6.07, 6.45) is 2.63. The molecule has 2 rings (SSSR count). The summed E-state index contributed by atoms with van der Waals surface area (Å²) >= 11 is 0. The van der Waals surface area contributed by atoms with Crippen molar-refractivity contribution < 1.29 is 8.78 Å². The average Bonchev–Trinajstić information content (AvgIpc) is 2.74. The first-order valence-electron chi connectivity index (χ1n) is 5.83. The molecule has 0 fully saturated rings. The highest BCUT2D eigenvalue weighted by molar-refractivity contribution is 5.71. The predicted octanol–water partition coefficient (Wildman–Crippen LogP) is 3.38. The van der Waals surface area contributed by atoms with Crippen LogP contribution in [0.2, 0.25) is 0 Å². The third-order valence-corrected chi connectivity index (χ3v) is 3.00. The van der Waals surface area contributed by atoms with Crippen molar-refractivity contribution in [3.63, 3.8) is 0 Å². The molecule has 5 heteroatoms. The van der Waals surface area contributed by atoms with Crippen molar-refractivity contribution in [1.82, 2.24) is 9.78 Å². The van der Waals surface area contributed by atoms with Gasteiger partial charge in [-0.3, -0.25) is 4.68 Å². The van der Waals surface area contributed by atoms with Crippen molar-refractivity contribution in [1.29, 1.82) is 0 Å². The fourth-order valence-electron chi connectivity index (χ4n) is 1.69. The van der Waals surface area contributed by atoms with Gasteiger partial charge in [-0.2, -0.15) is 5.10 Å². The van der Waals surface area contributed by atoms with E-state index in [1.165, 1.54) is 6.07 Å². The number of nitrogen functional groups attached to an aromatic ring is 1.